The second-order valence-corrected chi connectivity index (χ2v) is 2.14. The van der Waals surface area contributed by atoms with Crippen LogP contribution in [0.2, 0.25) is 0 Å². The maximum Gasteiger partial charge on any atom is 0.161 e. The molecule has 0 aliphatic rings. The van der Waals surface area contributed by atoms with E-state index in [9.17, 15) is 4.39 Å². The normalized spacial score (nSPS) is 12.5. The summed E-state index contributed by atoms with van der Waals surface area (Å²) in [5.74, 6) is -0.155. The van der Waals surface area contributed by atoms with Gasteiger partial charge in [0.2, 0.25) is 0 Å². The van der Waals surface area contributed by atoms with E-state index in [4.69, 9.17) is 15.4 Å². The molecule has 0 aliphatic heterocycles. The van der Waals surface area contributed by atoms with Gasteiger partial charge in [-0.3, -0.25) is 0 Å². The Bertz CT molecular complexity index is 276. The highest BCUT2D eigenvalue weighted by atomic mass is 19.1. The van der Waals surface area contributed by atoms with Crippen molar-refractivity contribution in [1.82, 2.24) is 0 Å². The summed E-state index contributed by atoms with van der Waals surface area (Å²) < 4.78 is 17.0. The topological polar surface area (TPSA) is 63.0 Å². The Kier molecular flexibility index (Phi) is 2.24. The van der Waals surface area contributed by atoms with Crippen molar-refractivity contribution in [2.75, 3.05) is 0 Å². The molecule has 4 heteroatoms. The Hall–Kier alpha value is -1.34. The summed E-state index contributed by atoms with van der Waals surface area (Å²) in [6.07, 6.45) is 1.10. The zero-order chi connectivity index (χ0) is 8.27. The Morgan fingerprint density at radius 3 is 3.00 bits per heavy atom. The van der Waals surface area contributed by atoms with Gasteiger partial charge < -0.3 is 10.2 Å². The van der Waals surface area contributed by atoms with Crippen molar-refractivity contribution in [3.63, 3.8) is 0 Å². The predicted octanol–water partition coefficient (Wildman–Crippen LogP) is 1.33. The van der Waals surface area contributed by atoms with Crippen molar-refractivity contribution in [3.05, 3.63) is 23.9 Å². The predicted molar refractivity (Wildman–Crippen MR) is 35.8 cm³/mol. The van der Waals surface area contributed by atoms with Gasteiger partial charge in [-0.05, 0) is 0 Å². The van der Waals surface area contributed by atoms with E-state index < -0.39 is 11.9 Å². The molecule has 1 aromatic heterocycles. The first-order chi connectivity index (χ1) is 5.24. The summed E-state index contributed by atoms with van der Waals surface area (Å²) in [7, 11) is 0. The fourth-order valence-corrected chi connectivity index (χ4v) is 0.722. The van der Waals surface area contributed by atoms with Gasteiger partial charge in [0.25, 0.3) is 0 Å². The molecular formula is C7H7FN2O. The average Bonchev–Trinajstić information content (AvgIpc) is 2.36. The van der Waals surface area contributed by atoms with E-state index in [2.05, 4.69) is 0 Å². The first-order valence-corrected chi connectivity index (χ1v) is 3.10. The minimum atomic E-state index is -0.524. The van der Waals surface area contributed by atoms with Crippen LogP contribution in [0.1, 0.15) is 18.2 Å². The van der Waals surface area contributed by atoms with Gasteiger partial charge in [-0.25, -0.2) is 4.39 Å². The third-order valence-corrected chi connectivity index (χ3v) is 1.26. The summed E-state index contributed by atoms with van der Waals surface area (Å²) in [4.78, 5) is 0. The lowest BCUT2D eigenvalue weighted by atomic mass is 10.2. The maximum absolute atomic E-state index is 12.3. The van der Waals surface area contributed by atoms with Crippen LogP contribution in [0.15, 0.2) is 16.7 Å². The molecule has 2 N–H and O–H groups in total. The van der Waals surface area contributed by atoms with Gasteiger partial charge in [-0.2, -0.15) is 5.26 Å². The molecule has 3 nitrogen and oxygen atoms in total. The summed E-state index contributed by atoms with van der Waals surface area (Å²) in [5.41, 5.74) is 5.44. The van der Waals surface area contributed by atoms with Gasteiger partial charge in [0, 0.05) is 6.07 Å². The zero-order valence-electron chi connectivity index (χ0n) is 5.75. The molecule has 0 aliphatic carbocycles. The highest BCUT2D eigenvalue weighted by molar-refractivity contribution is 5.07. The number of rotatable bonds is 2. The number of halogens is 1. The van der Waals surface area contributed by atoms with E-state index >= 15 is 0 Å². The molecule has 0 amide bonds. The van der Waals surface area contributed by atoms with Crippen LogP contribution < -0.4 is 5.73 Å². The summed E-state index contributed by atoms with van der Waals surface area (Å²) in [6, 6.07) is 2.53. The fraction of sp³-hybridized carbons (Fsp3) is 0.286. The Morgan fingerprint density at radius 2 is 2.55 bits per heavy atom. The highest BCUT2D eigenvalue weighted by Crippen LogP contribution is 2.15. The third-order valence-electron chi connectivity index (χ3n) is 1.26. The van der Waals surface area contributed by atoms with E-state index in [1.807, 2.05) is 6.07 Å². The Balaban J connectivity index is 2.70. The third kappa shape index (κ3) is 1.79. The standard InChI is InChI=1S/C7H7FN2O/c8-5-3-7(11-4-5)6(10)1-2-9/h3-4,6H,1,10H2/t6-/m1/s1. The van der Waals surface area contributed by atoms with Crippen LogP contribution in [0, 0.1) is 17.1 Å². The van der Waals surface area contributed by atoms with Crippen molar-refractivity contribution in [2.24, 2.45) is 5.73 Å². The largest absolute Gasteiger partial charge is 0.464 e. The van der Waals surface area contributed by atoms with Gasteiger partial charge in [-0.1, -0.05) is 0 Å². The summed E-state index contributed by atoms with van der Waals surface area (Å²) in [6.45, 7) is 0. The smallest absolute Gasteiger partial charge is 0.161 e. The van der Waals surface area contributed by atoms with E-state index in [1.54, 1.807) is 0 Å². The van der Waals surface area contributed by atoms with Gasteiger partial charge in [0.15, 0.2) is 5.82 Å². The molecule has 0 spiro atoms. The molecule has 1 rings (SSSR count). The molecule has 11 heavy (non-hydrogen) atoms. The molecular weight excluding hydrogens is 147 g/mol. The number of hydrogen-bond acceptors (Lipinski definition) is 3. The van der Waals surface area contributed by atoms with Crippen LogP contribution in [0.5, 0.6) is 0 Å². The Labute approximate surface area is 63.2 Å². The molecule has 0 unspecified atom stereocenters. The van der Waals surface area contributed by atoms with Gasteiger partial charge in [0.05, 0.1) is 18.5 Å². The lowest BCUT2D eigenvalue weighted by molar-refractivity contribution is 0.460. The van der Waals surface area contributed by atoms with Gasteiger partial charge in [-0.15, -0.1) is 0 Å². The van der Waals surface area contributed by atoms with Crippen LogP contribution in [0.4, 0.5) is 4.39 Å². The number of hydrogen-bond donors (Lipinski definition) is 1. The van der Waals surface area contributed by atoms with Crippen molar-refractivity contribution in [1.29, 1.82) is 5.26 Å². The molecule has 0 aromatic carbocycles. The first kappa shape index (κ1) is 7.76. The lowest BCUT2D eigenvalue weighted by Crippen LogP contribution is -2.07. The molecule has 0 saturated carbocycles. The number of furan rings is 1. The number of nitriles is 1. The lowest BCUT2D eigenvalue weighted by Gasteiger charge is -1.99. The fourth-order valence-electron chi connectivity index (χ4n) is 0.722. The average molecular weight is 154 g/mol. The van der Waals surface area contributed by atoms with Gasteiger partial charge >= 0.3 is 0 Å². The van der Waals surface area contributed by atoms with E-state index in [0.717, 1.165) is 6.26 Å². The quantitative estimate of drug-likeness (QED) is 0.698. The molecule has 0 saturated heterocycles. The molecule has 0 radical (unpaired) electrons. The van der Waals surface area contributed by atoms with Crippen molar-refractivity contribution in [2.45, 2.75) is 12.5 Å². The minimum absolute atomic E-state index is 0.132. The van der Waals surface area contributed by atoms with Crippen LogP contribution >= 0.6 is 0 Å². The molecule has 0 fully saturated rings. The van der Waals surface area contributed by atoms with Crippen molar-refractivity contribution < 1.29 is 8.81 Å². The molecule has 1 aromatic rings. The van der Waals surface area contributed by atoms with Crippen LogP contribution in [0.3, 0.4) is 0 Å². The van der Waals surface area contributed by atoms with Crippen LogP contribution in [-0.2, 0) is 0 Å². The molecule has 1 atom stereocenters. The van der Waals surface area contributed by atoms with E-state index in [-0.39, 0.29) is 6.42 Å². The minimum Gasteiger partial charge on any atom is -0.464 e. The maximum atomic E-state index is 12.3. The Morgan fingerprint density at radius 1 is 1.82 bits per heavy atom. The van der Waals surface area contributed by atoms with Gasteiger partial charge in [0.1, 0.15) is 12.0 Å². The number of nitrogens with two attached hydrogens (primary N) is 1. The van der Waals surface area contributed by atoms with Crippen LogP contribution in [-0.4, -0.2) is 0 Å². The second kappa shape index (κ2) is 3.17. The molecule has 0 bridgehead atoms. The zero-order valence-corrected chi connectivity index (χ0v) is 5.75. The summed E-state index contributed by atoms with van der Waals surface area (Å²) in [5, 5.41) is 8.24. The first-order valence-electron chi connectivity index (χ1n) is 3.10. The summed E-state index contributed by atoms with van der Waals surface area (Å²) >= 11 is 0. The highest BCUT2D eigenvalue weighted by Gasteiger charge is 2.09. The van der Waals surface area contributed by atoms with Crippen molar-refractivity contribution in [3.8, 4) is 6.07 Å². The SMILES string of the molecule is N#CC[C@@H](N)c1cc(F)co1. The van der Waals surface area contributed by atoms with E-state index in [1.165, 1.54) is 6.07 Å². The molecule has 1 heterocycles. The molecule has 58 valence electrons. The monoisotopic (exact) mass is 154 g/mol. The van der Waals surface area contributed by atoms with E-state index in [0.29, 0.717) is 5.76 Å². The second-order valence-electron chi connectivity index (χ2n) is 2.14. The number of nitrogens with zero attached hydrogens (tertiary/aromatic N) is 1. The van der Waals surface area contributed by atoms with Crippen molar-refractivity contribution >= 4 is 0 Å². The van der Waals surface area contributed by atoms with Crippen LogP contribution in [0.25, 0.3) is 0 Å².